The van der Waals surface area contributed by atoms with Gasteiger partial charge in [0, 0.05) is 16.4 Å². The van der Waals surface area contributed by atoms with Gasteiger partial charge in [-0.2, -0.15) is 0 Å². The quantitative estimate of drug-likeness (QED) is 0.734. The second kappa shape index (κ2) is 6.38. The van der Waals surface area contributed by atoms with Crippen molar-refractivity contribution in [2.45, 2.75) is 13.1 Å². The van der Waals surface area contributed by atoms with Crippen molar-refractivity contribution >= 4 is 38.2 Å². The molecule has 1 N–H and O–H groups in total. The Bertz CT molecular complexity index is 974. The SMILES string of the molecule is CN(C)Cc1csc(Cn2c(=O)[nH]c3cc(Br)ccc3c2=O)n1. The molecule has 0 amide bonds. The standard InChI is InChI=1S/C15H15BrN4O2S/c1-19(2)6-10-8-23-13(17-10)7-20-14(21)11-4-3-9(16)5-12(11)18-15(20)22/h3-5,8H,6-7H2,1-2H3,(H,18,22). The first-order valence-electron chi connectivity index (χ1n) is 6.94. The number of fused-ring (bicyclic) bond motifs is 1. The summed E-state index contributed by atoms with van der Waals surface area (Å²) in [5.74, 6) is 0. The maximum Gasteiger partial charge on any atom is 0.329 e. The molecule has 1 aromatic carbocycles. The molecule has 0 radical (unpaired) electrons. The van der Waals surface area contributed by atoms with E-state index in [9.17, 15) is 9.59 Å². The smallest absolute Gasteiger partial charge is 0.307 e. The molecule has 0 aliphatic heterocycles. The summed E-state index contributed by atoms with van der Waals surface area (Å²) >= 11 is 4.79. The van der Waals surface area contributed by atoms with Crippen LogP contribution in [0.25, 0.3) is 10.9 Å². The predicted octanol–water partition coefficient (Wildman–Crippen LogP) is 2.02. The van der Waals surface area contributed by atoms with Crippen LogP contribution >= 0.6 is 27.3 Å². The number of aromatic amines is 1. The summed E-state index contributed by atoms with van der Waals surface area (Å²) in [6.45, 7) is 0.909. The molecule has 0 aliphatic rings. The van der Waals surface area contributed by atoms with Crippen LogP contribution in [-0.2, 0) is 13.1 Å². The van der Waals surface area contributed by atoms with Crippen LogP contribution in [0.5, 0.6) is 0 Å². The minimum absolute atomic E-state index is 0.179. The second-order valence-corrected chi connectivity index (χ2v) is 7.34. The fourth-order valence-electron chi connectivity index (χ4n) is 2.32. The van der Waals surface area contributed by atoms with Crippen molar-refractivity contribution in [2.24, 2.45) is 0 Å². The van der Waals surface area contributed by atoms with E-state index in [1.807, 2.05) is 24.4 Å². The summed E-state index contributed by atoms with van der Waals surface area (Å²) in [6.07, 6.45) is 0. The number of nitrogens with one attached hydrogen (secondary N) is 1. The lowest BCUT2D eigenvalue weighted by molar-refractivity contribution is 0.397. The van der Waals surface area contributed by atoms with E-state index < -0.39 is 5.69 Å². The number of H-pyrrole nitrogens is 1. The van der Waals surface area contributed by atoms with E-state index in [1.165, 1.54) is 15.9 Å². The molecule has 6 nitrogen and oxygen atoms in total. The lowest BCUT2D eigenvalue weighted by atomic mass is 10.2. The normalized spacial score (nSPS) is 11.5. The Balaban J connectivity index is 2.00. The molecular formula is C15H15BrN4O2S. The van der Waals surface area contributed by atoms with Crippen molar-refractivity contribution in [3.63, 3.8) is 0 Å². The zero-order valence-corrected chi connectivity index (χ0v) is 15.1. The summed E-state index contributed by atoms with van der Waals surface area (Å²) < 4.78 is 2.00. The maximum absolute atomic E-state index is 12.5. The van der Waals surface area contributed by atoms with Crippen LogP contribution in [0.1, 0.15) is 10.7 Å². The topological polar surface area (TPSA) is 71.0 Å². The zero-order valence-electron chi connectivity index (χ0n) is 12.7. The van der Waals surface area contributed by atoms with E-state index in [2.05, 4.69) is 25.9 Å². The van der Waals surface area contributed by atoms with Crippen LogP contribution in [0, 0.1) is 0 Å². The summed E-state index contributed by atoms with van der Waals surface area (Å²) in [5.41, 5.74) is 0.729. The Morgan fingerprint density at radius 3 is 2.87 bits per heavy atom. The van der Waals surface area contributed by atoms with Gasteiger partial charge in [0.15, 0.2) is 0 Å². The largest absolute Gasteiger partial charge is 0.329 e. The van der Waals surface area contributed by atoms with Gasteiger partial charge in [-0.15, -0.1) is 11.3 Å². The molecule has 120 valence electrons. The van der Waals surface area contributed by atoms with Gasteiger partial charge in [-0.25, -0.2) is 9.78 Å². The Labute approximate surface area is 144 Å². The molecule has 2 aromatic heterocycles. The highest BCUT2D eigenvalue weighted by Crippen LogP contribution is 2.15. The van der Waals surface area contributed by atoms with Crippen molar-refractivity contribution in [1.82, 2.24) is 19.4 Å². The molecule has 0 fully saturated rings. The summed E-state index contributed by atoms with van der Waals surface area (Å²) in [5, 5.41) is 3.18. The highest BCUT2D eigenvalue weighted by atomic mass is 79.9. The molecule has 0 saturated heterocycles. The fourth-order valence-corrected chi connectivity index (χ4v) is 3.46. The molecule has 23 heavy (non-hydrogen) atoms. The van der Waals surface area contributed by atoms with Crippen LogP contribution in [-0.4, -0.2) is 33.5 Å². The molecule has 8 heteroatoms. The van der Waals surface area contributed by atoms with Crippen molar-refractivity contribution < 1.29 is 0 Å². The highest BCUT2D eigenvalue weighted by molar-refractivity contribution is 9.10. The number of aromatic nitrogens is 3. The maximum atomic E-state index is 12.5. The first-order valence-corrected chi connectivity index (χ1v) is 8.61. The number of nitrogens with zero attached hydrogens (tertiary/aromatic N) is 3. The van der Waals surface area contributed by atoms with Crippen LogP contribution in [0.4, 0.5) is 0 Å². The van der Waals surface area contributed by atoms with Gasteiger partial charge in [0.2, 0.25) is 0 Å². The molecule has 0 aliphatic carbocycles. The van der Waals surface area contributed by atoms with Gasteiger partial charge in [0.25, 0.3) is 5.56 Å². The summed E-state index contributed by atoms with van der Waals surface area (Å²) in [6, 6.07) is 5.21. The number of hydrogen-bond donors (Lipinski definition) is 1. The van der Waals surface area contributed by atoms with Gasteiger partial charge in [0.05, 0.1) is 23.1 Å². The number of halogens is 1. The van der Waals surface area contributed by atoms with Gasteiger partial charge < -0.3 is 9.88 Å². The average Bonchev–Trinajstić information content (AvgIpc) is 2.89. The summed E-state index contributed by atoms with van der Waals surface area (Å²) in [7, 11) is 3.94. The Kier molecular flexibility index (Phi) is 4.47. The van der Waals surface area contributed by atoms with Crippen LogP contribution in [0.2, 0.25) is 0 Å². The van der Waals surface area contributed by atoms with Crippen molar-refractivity contribution in [2.75, 3.05) is 14.1 Å². The third-order valence-corrected chi connectivity index (χ3v) is 4.69. The minimum atomic E-state index is -0.426. The molecule has 0 atom stereocenters. The van der Waals surface area contributed by atoms with Crippen molar-refractivity contribution in [3.8, 4) is 0 Å². The lowest BCUT2D eigenvalue weighted by Gasteiger charge is -2.06. The predicted molar refractivity (Wildman–Crippen MR) is 95.1 cm³/mol. The molecule has 3 aromatic rings. The molecule has 0 spiro atoms. The van der Waals surface area contributed by atoms with E-state index in [0.717, 1.165) is 21.7 Å². The van der Waals surface area contributed by atoms with Crippen LogP contribution < -0.4 is 11.2 Å². The van der Waals surface area contributed by atoms with Crippen LogP contribution in [0.15, 0.2) is 37.6 Å². The Morgan fingerprint density at radius 2 is 2.13 bits per heavy atom. The van der Waals surface area contributed by atoms with E-state index in [1.54, 1.807) is 18.2 Å². The first kappa shape index (κ1) is 16.1. The summed E-state index contributed by atoms with van der Waals surface area (Å²) in [4.78, 5) is 34.0. The monoisotopic (exact) mass is 394 g/mol. The minimum Gasteiger partial charge on any atom is -0.307 e. The van der Waals surface area contributed by atoms with Gasteiger partial charge >= 0.3 is 5.69 Å². The molecule has 0 unspecified atom stereocenters. The molecule has 0 saturated carbocycles. The highest BCUT2D eigenvalue weighted by Gasteiger charge is 2.11. The zero-order chi connectivity index (χ0) is 16.6. The molecular weight excluding hydrogens is 380 g/mol. The van der Waals surface area contributed by atoms with Crippen molar-refractivity contribution in [3.05, 3.63) is 59.6 Å². The van der Waals surface area contributed by atoms with Gasteiger partial charge in [0.1, 0.15) is 5.01 Å². The number of thiazole rings is 1. The first-order chi connectivity index (χ1) is 10.9. The van der Waals surface area contributed by atoms with Gasteiger partial charge in [-0.05, 0) is 32.3 Å². The second-order valence-electron chi connectivity index (χ2n) is 5.48. The number of rotatable bonds is 4. The Morgan fingerprint density at radius 1 is 1.35 bits per heavy atom. The van der Waals surface area contributed by atoms with Gasteiger partial charge in [-0.1, -0.05) is 15.9 Å². The Hall–Kier alpha value is -1.77. The molecule has 0 bridgehead atoms. The number of benzene rings is 1. The van der Waals surface area contributed by atoms with E-state index in [0.29, 0.717) is 10.9 Å². The van der Waals surface area contributed by atoms with E-state index in [4.69, 9.17) is 0 Å². The van der Waals surface area contributed by atoms with Crippen molar-refractivity contribution in [1.29, 1.82) is 0 Å². The fraction of sp³-hybridized carbons (Fsp3) is 0.267. The number of hydrogen-bond acceptors (Lipinski definition) is 5. The third-order valence-electron chi connectivity index (χ3n) is 3.31. The van der Waals surface area contributed by atoms with E-state index in [-0.39, 0.29) is 12.1 Å². The molecule has 3 rings (SSSR count). The average molecular weight is 395 g/mol. The third kappa shape index (κ3) is 3.44. The molecule has 2 heterocycles. The van der Waals surface area contributed by atoms with Gasteiger partial charge in [-0.3, -0.25) is 9.36 Å². The van der Waals surface area contributed by atoms with E-state index >= 15 is 0 Å². The lowest BCUT2D eigenvalue weighted by Crippen LogP contribution is -2.35. The van der Waals surface area contributed by atoms with Crippen LogP contribution in [0.3, 0.4) is 0 Å².